The number of aromatic hydroxyl groups is 4. The maximum atomic E-state index is 10.8. The summed E-state index contributed by atoms with van der Waals surface area (Å²) in [5.74, 6) is -0.148. The molecule has 1 aliphatic heterocycles. The molecule has 7 nitrogen and oxygen atoms in total. The lowest BCUT2D eigenvalue weighted by Crippen LogP contribution is -2.33. The van der Waals surface area contributed by atoms with Crippen LogP contribution < -0.4 is 10.5 Å². The van der Waals surface area contributed by atoms with Gasteiger partial charge in [0.25, 0.3) is 0 Å². The molecule has 134 valence electrons. The highest BCUT2D eigenvalue weighted by atomic mass is 32.2. The number of ether oxygens (including phenoxy) is 1. The number of aliphatic hydroxyl groups is 1. The van der Waals surface area contributed by atoms with E-state index in [9.17, 15) is 25.5 Å². The third-order valence-corrected chi connectivity index (χ3v) is 5.35. The molecule has 1 heterocycles. The predicted octanol–water partition coefficient (Wildman–Crippen LogP) is 1.74. The van der Waals surface area contributed by atoms with E-state index < -0.39 is 17.5 Å². The Bertz CT molecular complexity index is 784. The first kappa shape index (κ1) is 17.5. The Hall–Kier alpha value is -2.29. The maximum absolute atomic E-state index is 10.8. The summed E-state index contributed by atoms with van der Waals surface area (Å²) in [6.07, 6.45) is -1.89. The summed E-state index contributed by atoms with van der Waals surface area (Å²) in [5.41, 5.74) is 6.40. The largest absolute Gasteiger partial charge is 0.508 e. The summed E-state index contributed by atoms with van der Waals surface area (Å²) in [5, 5.41) is 49.4. The molecular formula is C17H19NO6S. The van der Waals surface area contributed by atoms with E-state index in [2.05, 4.69) is 0 Å². The molecule has 0 saturated heterocycles. The van der Waals surface area contributed by atoms with Crippen LogP contribution in [0.5, 0.6) is 28.7 Å². The van der Waals surface area contributed by atoms with E-state index in [0.717, 1.165) is 0 Å². The molecule has 0 aromatic heterocycles. The topological polar surface area (TPSA) is 136 Å². The smallest absolute Gasteiger partial charge is 0.157 e. The van der Waals surface area contributed by atoms with Crippen molar-refractivity contribution < 1.29 is 30.3 Å². The minimum Gasteiger partial charge on any atom is -0.508 e. The van der Waals surface area contributed by atoms with Crippen LogP contribution >= 0.6 is 11.8 Å². The second kappa shape index (κ2) is 6.91. The van der Waals surface area contributed by atoms with Crippen LogP contribution in [-0.4, -0.2) is 43.9 Å². The molecule has 2 aromatic rings. The van der Waals surface area contributed by atoms with E-state index in [4.69, 9.17) is 10.5 Å². The Balaban J connectivity index is 2.06. The summed E-state index contributed by atoms with van der Waals surface area (Å²) in [6, 6.07) is 6.70. The molecule has 0 saturated carbocycles. The van der Waals surface area contributed by atoms with Gasteiger partial charge >= 0.3 is 0 Å². The Labute approximate surface area is 148 Å². The van der Waals surface area contributed by atoms with Gasteiger partial charge in [-0.05, 0) is 17.7 Å². The number of phenols is 4. The van der Waals surface area contributed by atoms with Gasteiger partial charge in [0.2, 0.25) is 0 Å². The molecule has 2 aromatic carbocycles. The molecule has 7 N–H and O–H groups in total. The van der Waals surface area contributed by atoms with Gasteiger partial charge in [-0.2, -0.15) is 0 Å². The zero-order valence-electron chi connectivity index (χ0n) is 13.2. The number of fused-ring (bicyclic) bond motifs is 1. The van der Waals surface area contributed by atoms with Gasteiger partial charge in [-0.3, -0.25) is 0 Å². The minimum absolute atomic E-state index is 0.164. The standard InChI is InChI=1S/C17H19NO6S/c18-3-4-25-17-14-12(22)6-9(19)7-13(14)24-16(15(17)23)8-1-2-10(20)11(21)5-8/h1-2,5-7,15-17,19-23H,3-4,18H2/t15-,16?,17?/m1/s1. The van der Waals surface area contributed by atoms with Crippen LogP contribution in [0.25, 0.3) is 0 Å². The molecule has 3 rings (SSSR count). The van der Waals surface area contributed by atoms with E-state index in [1.54, 1.807) is 0 Å². The predicted molar refractivity (Wildman–Crippen MR) is 93.2 cm³/mol. The van der Waals surface area contributed by atoms with Crippen LogP contribution in [0.15, 0.2) is 30.3 Å². The van der Waals surface area contributed by atoms with Crippen LogP contribution in [-0.2, 0) is 0 Å². The Morgan fingerprint density at radius 2 is 1.76 bits per heavy atom. The van der Waals surface area contributed by atoms with Crippen molar-refractivity contribution in [3.63, 3.8) is 0 Å². The Kier molecular flexibility index (Phi) is 4.85. The molecule has 0 bridgehead atoms. The number of hydrogen-bond donors (Lipinski definition) is 6. The van der Waals surface area contributed by atoms with Crippen LogP contribution in [0.3, 0.4) is 0 Å². The van der Waals surface area contributed by atoms with Gasteiger partial charge in [0.15, 0.2) is 17.6 Å². The number of benzene rings is 2. The van der Waals surface area contributed by atoms with E-state index in [1.165, 1.54) is 42.1 Å². The number of thioether (sulfide) groups is 1. The second-order valence-corrected chi connectivity index (χ2v) is 6.98. The average molecular weight is 365 g/mol. The summed E-state index contributed by atoms with van der Waals surface area (Å²) >= 11 is 1.37. The van der Waals surface area contributed by atoms with Crippen molar-refractivity contribution in [1.82, 2.24) is 0 Å². The molecule has 2 unspecified atom stereocenters. The fraction of sp³-hybridized carbons (Fsp3) is 0.294. The highest BCUT2D eigenvalue weighted by Crippen LogP contribution is 2.52. The number of rotatable bonds is 4. The molecule has 25 heavy (non-hydrogen) atoms. The highest BCUT2D eigenvalue weighted by Gasteiger charge is 2.40. The lowest BCUT2D eigenvalue weighted by atomic mass is 9.93. The van der Waals surface area contributed by atoms with E-state index >= 15 is 0 Å². The van der Waals surface area contributed by atoms with Gasteiger partial charge in [0.1, 0.15) is 23.4 Å². The third kappa shape index (κ3) is 3.28. The van der Waals surface area contributed by atoms with Gasteiger partial charge in [-0.15, -0.1) is 11.8 Å². The summed E-state index contributed by atoms with van der Waals surface area (Å²) < 4.78 is 5.79. The van der Waals surface area contributed by atoms with Crippen LogP contribution in [0, 0.1) is 0 Å². The van der Waals surface area contributed by atoms with Gasteiger partial charge in [0, 0.05) is 24.4 Å². The minimum atomic E-state index is -1.04. The lowest BCUT2D eigenvalue weighted by Gasteiger charge is -2.37. The van der Waals surface area contributed by atoms with Crippen molar-refractivity contribution in [3.05, 3.63) is 41.5 Å². The van der Waals surface area contributed by atoms with Crippen molar-refractivity contribution in [2.75, 3.05) is 12.3 Å². The van der Waals surface area contributed by atoms with Gasteiger partial charge in [0.05, 0.1) is 10.8 Å². The zero-order valence-corrected chi connectivity index (χ0v) is 14.0. The number of nitrogens with two attached hydrogens (primary N) is 1. The van der Waals surface area contributed by atoms with Crippen LogP contribution in [0.2, 0.25) is 0 Å². The number of hydrogen-bond acceptors (Lipinski definition) is 8. The summed E-state index contributed by atoms with van der Waals surface area (Å²) in [4.78, 5) is 0. The quantitative estimate of drug-likeness (QED) is 0.451. The molecule has 1 aliphatic rings. The monoisotopic (exact) mass is 365 g/mol. The van der Waals surface area contributed by atoms with Crippen LogP contribution in [0.4, 0.5) is 0 Å². The molecule has 0 amide bonds. The van der Waals surface area contributed by atoms with Crippen molar-refractivity contribution in [2.45, 2.75) is 17.5 Å². The number of aliphatic hydroxyl groups excluding tert-OH is 1. The Morgan fingerprint density at radius 3 is 2.44 bits per heavy atom. The Morgan fingerprint density at radius 1 is 1.00 bits per heavy atom. The fourth-order valence-corrected chi connectivity index (χ4v) is 4.01. The van der Waals surface area contributed by atoms with E-state index in [0.29, 0.717) is 23.4 Å². The molecule has 0 radical (unpaired) electrons. The van der Waals surface area contributed by atoms with Gasteiger partial charge < -0.3 is 36.0 Å². The van der Waals surface area contributed by atoms with Crippen molar-refractivity contribution in [3.8, 4) is 28.7 Å². The van der Waals surface area contributed by atoms with E-state index in [-0.39, 0.29) is 28.7 Å². The molecule has 3 atom stereocenters. The molecule has 0 spiro atoms. The average Bonchev–Trinajstić information content (AvgIpc) is 2.56. The number of phenolic OH excluding ortho intramolecular Hbond substituents is 4. The van der Waals surface area contributed by atoms with E-state index in [1.807, 2.05) is 0 Å². The first-order valence-corrected chi connectivity index (χ1v) is 8.71. The first-order valence-electron chi connectivity index (χ1n) is 7.66. The van der Waals surface area contributed by atoms with Crippen molar-refractivity contribution in [1.29, 1.82) is 0 Å². The molecule has 0 aliphatic carbocycles. The maximum Gasteiger partial charge on any atom is 0.157 e. The van der Waals surface area contributed by atoms with Crippen molar-refractivity contribution in [2.24, 2.45) is 5.73 Å². The third-order valence-electron chi connectivity index (χ3n) is 4.01. The normalized spacial score (nSPS) is 22.2. The summed E-state index contributed by atoms with van der Waals surface area (Å²) in [6.45, 7) is 0.396. The fourth-order valence-electron chi connectivity index (χ4n) is 2.88. The van der Waals surface area contributed by atoms with Crippen LogP contribution in [0.1, 0.15) is 22.5 Å². The molecule has 0 fully saturated rings. The van der Waals surface area contributed by atoms with Crippen molar-refractivity contribution >= 4 is 11.8 Å². The zero-order chi connectivity index (χ0) is 18.1. The highest BCUT2D eigenvalue weighted by molar-refractivity contribution is 7.99. The lowest BCUT2D eigenvalue weighted by molar-refractivity contribution is 0.0174. The molecular weight excluding hydrogens is 346 g/mol. The van der Waals surface area contributed by atoms with Gasteiger partial charge in [-0.1, -0.05) is 6.07 Å². The second-order valence-electron chi connectivity index (χ2n) is 5.73. The summed E-state index contributed by atoms with van der Waals surface area (Å²) in [7, 11) is 0. The first-order chi connectivity index (χ1) is 11.9. The van der Waals surface area contributed by atoms with Gasteiger partial charge in [-0.25, -0.2) is 0 Å². The molecule has 8 heteroatoms. The SMILES string of the molecule is NCCSC1c2c(O)cc(O)cc2OC(c2ccc(O)c(O)c2)[C@H]1O.